The topological polar surface area (TPSA) is 47.9 Å². The summed E-state index contributed by atoms with van der Waals surface area (Å²) in [5.74, 6) is 2.57. The van der Waals surface area contributed by atoms with Crippen LogP contribution in [0.25, 0.3) is 0 Å². The highest BCUT2D eigenvalue weighted by Crippen LogP contribution is 2.20. The van der Waals surface area contributed by atoms with Gasteiger partial charge in [0.05, 0.1) is 0 Å². The van der Waals surface area contributed by atoms with Crippen LogP contribution >= 0.6 is 35.7 Å². The van der Waals surface area contributed by atoms with E-state index in [0.29, 0.717) is 5.92 Å². The third kappa shape index (κ3) is 7.73. The van der Waals surface area contributed by atoms with Gasteiger partial charge in [0.2, 0.25) is 5.91 Å². The second-order valence-electron chi connectivity index (χ2n) is 6.64. The van der Waals surface area contributed by atoms with Crippen molar-refractivity contribution in [2.75, 3.05) is 52.3 Å². The lowest BCUT2D eigenvalue weighted by molar-refractivity contribution is -0.127. The Bertz CT molecular complexity index is 568. The van der Waals surface area contributed by atoms with Gasteiger partial charge in [-0.05, 0) is 30.6 Å². The lowest BCUT2D eigenvalue weighted by Crippen LogP contribution is -2.42. The molecule has 1 atom stereocenters. The zero-order chi connectivity index (χ0) is 18.1. The summed E-state index contributed by atoms with van der Waals surface area (Å²) in [6.45, 7) is 3.07. The van der Waals surface area contributed by atoms with Crippen molar-refractivity contribution in [1.29, 1.82) is 0 Å². The predicted octanol–water partition coefficient (Wildman–Crippen LogP) is 2.57. The minimum Gasteiger partial charge on any atom is -0.355 e. The highest BCUT2D eigenvalue weighted by Gasteiger charge is 2.25. The number of carbonyl (C=O) groups excluding carboxylic acids is 1. The first-order valence-corrected chi connectivity index (χ1v) is 10.3. The highest BCUT2D eigenvalue weighted by atomic mass is 127. The molecule has 1 N–H and O–H groups in total. The fraction of sp³-hybridized carbons (Fsp3) is 0.579. The summed E-state index contributed by atoms with van der Waals surface area (Å²) in [4.78, 5) is 20.3. The molecule has 0 aromatic heterocycles. The van der Waals surface area contributed by atoms with Gasteiger partial charge in [-0.1, -0.05) is 30.3 Å². The number of thioether (sulfide) groups is 1. The number of likely N-dealkylation sites (tertiary alicyclic amines) is 1. The van der Waals surface area contributed by atoms with E-state index < -0.39 is 0 Å². The van der Waals surface area contributed by atoms with Crippen LogP contribution in [0, 0.1) is 5.92 Å². The van der Waals surface area contributed by atoms with Crippen LogP contribution in [-0.4, -0.2) is 73.9 Å². The van der Waals surface area contributed by atoms with Gasteiger partial charge in [-0.25, -0.2) is 4.99 Å². The largest absolute Gasteiger partial charge is 0.355 e. The van der Waals surface area contributed by atoms with Crippen LogP contribution < -0.4 is 5.32 Å². The SMILES string of the molecule is CSCCNC(=NCC(=O)N(C)C)N1CCC(Cc2ccccc2)C1.I. The Morgan fingerprint density at radius 2 is 2.08 bits per heavy atom. The molecule has 1 aromatic rings. The van der Waals surface area contributed by atoms with E-state index in [0.717, 1.165) is 37.8 Å². The van der Waals surface area contributed by atoms with Crippen LogP contribution in [0.1, 0.15) is 12.0 Å². The number of hydrogen-bond donors (Lipinski definition) is 1. The molecule has 0 radical (unpaired) electrons. The molecule has 0 bridgehead atoms. The zero-order valence-corrected chi connectivity index (χ0v) is 19.1. The fourth-order valence-electron chi connectivity index (χ4n) is 2.96. The Morgan fingerprint density at radius 1 is 1.35 bits per heavy atom. The first-order chi connectivity index (χ1) is 12.1. The monoisotopic (exact) mass is 490 g/mol. The molecule has 5 nitrogen and oxygen atoms in total. The van der Waals surface area contributed by atoms with Crippen molar-refractivity contribution in [2.45, 2.75) is 12.8 Å². The summed E-state index contributed by atoms with van der Waals surface area (Å²) in [6.07, 6.45) is 4.37. The Hall–Kier alpha value is -0.960. The summed E-state index contributed by atoms with van der Waals surface area (Å²) in [6, 6.07) is 10.7. The quantitative estimate of drug-likeness (QED) is 0.276. The maximum absolute atomic E-state index is 11.9. The van der Waals surface area contributed by atoms with Crippen molar-refractivity contribution in [1.82, 2.24) is 15.1 Å². The maximum atomic E-state index is 11.9. The highest BCUT2D eigenvalue weighted by molar-refractivity contribution is 14.0. The molecule has 146 valence electrons. The van der Waals surface area contributed by atoms with Crippen molar-refractivity contribution in [3.63, 3.8) is 0 Å². The van der Waals surface area contributed by atoms with Gasteiger partial charge >= 0.3 is 0 Å². The summed E-state index contributed by atoms with van der Waals surface area (Å²) >= 11 is 1.81. The number of carbonyl (C=O) groups is 1. The van der Waals surface area contributed by atoms with Crippen LogP contribution in [0.2, 0.25) is 0 Å². The molecule has 1 heterocycles. The number of hydrogen-bond acceptors (Lipinski definition) is 3. The van der Waals surface area contributed by atoms with E-state index in [4.69, 9.17) is 0 Å². The van der Waals surface area contributed by atoms with Gasteiger partial charge in [-0.15, -0.1) is 24.0 Å². The minimum atomic E-state index is 0. The van der Waals surface area contributed by atoms with Gasteiger partial charge in [-0.3, -0.25) is 4.79 Å². The molecule has 7 heteroatoms. The molecule has 1 aliphatic heterocycles. The molecule has 26 heavy (non-hydrogen) atoms. The Kier molecular flexibility index (Phi) is 11.0. The van der Waals surface area contributed by atoms with Gasteiger partial charge in [0.25, 0.3) is 0 Å². The van der Waals surface area contributed by atoms with Crippen molar-refractivity contribution >= 4 is 47.6 Å². The maximum Gasteiger partial charge on any atom is 0.243 e. The Morgan fingerprint density at radius 3 is 2.73 bits per heavy atom. The van der Waals surface area contributed by atoms with Gasteiger partial charge in [0.1, 0.15) is 6.54 Å². The standard InChI is InChI=1S/C19H30N4OS.HI/c1-22(2)18(24)14-21-19(20-10-12-25-3)23-11-9-17(15-23)13-16-7-5-4-6-8-16;/h4-8,17H,9-15H2,1-3H3,(H,20,21);1H. The molecule has 1 aliphatic rings. The smallest absolute Gasteiger partial charge is 0.243 e. The van der Waals surface area contributed by atoms with Crippen molar-refractivity contribution in [3.8, 4) is 0 Å². The second kappa shape index (κ2) is 12.4. The molecule has 1 saturated heterocycles. The van der Waals surface area contributed by atoms with Crippen LogP contribution in [0.3, 0.4) is 0 Å². The van der Waals surface area contributed by atoms with E-state index in [2.05, 4.69) is 51.8 Å². The van der Waals surface area contributed by atoms with E-state index in [-0.39, 0.29) is 36.4 Å². The average molecular weight is 490 g/mol. The number of benzene rings is 1. The first kappa shape index (κ1) is 23.1. The lowest BCUT2D eigenvalue weighted by atomic mass is 9.99. The molecule has 0 saturated carbocycles. The van der Waals surface area contributed by atoms with Gasteiger partial charge < -0.3 is 15.1 Å². The third-order valence-corrected chi connectivity index (χ3v) is 5.02. The number of likely N-dealkylation sites (N-methyl/N-ethyl adjacent to an activating group) is 1. The molecule has 1 aromatic carbocycles. The van der Waals surface area contributed by atoms with Crippen LogP contribution in [0.5, 0.6) is 0 Å². The van der Waals surface area contributed by atoms with E-state index in [1.165, 1.54) is 12.0 Å². The number of rotatable bonds is 7. The molecular weight excluding hydrogens is 459 g/mol. The second-order valence-corrected chi connectivity index (χ2v) is 7.62. The minimum absolute atomic E-state index is 0. The van der Waals surface area contributed by atoms with E-state index >= 15 is 0 Å². The molecular formula is C19H31IN4OS. The van der Waals surface area contributed by atoms with Crippen molar-refractivity contribution < 1.29 is 4.79 Å². The average Bonchev–Trinajstić information content (AvgIpc) is 3.06. The van der Waals surface area contributed by atoms with E-state index in [9.17, 15) is 4.79 Å². The predicted molar refractivity (Wildman–Crippen MR) is 123 cm³/mol. The number of halogens is 1. The molecule has 1 unspecified atom stereocenters. The number of nitrogens with one attached hydrogen (secondary N) is 1. The van der Waals surface area contributed by atoms with Gasteiger partial charge in [-0.2, -0.15) is 11.8 Å². The summed E-state index contributed by atoms with van der Waals surface area (Å²) in [7, 11) is 3.54. The Labute approximate surface area is 179 Å². The molecule has 0 spiro atoms. The fourth-order valence-corrected chi connectivity index (χ4v) is 3.26. The number of guanidine groups is 1. The van der Waals surface area contributed by atoms with Crippen LogP contribution in [0.4, 0.5) is 0 Å². The summed E-state index contributed by atoms with van der Waals surface area (Å²) < 4.78 is 0. The van der Waals surface area contributed by atoms with Crippen molar-refractivity contribution in [3.05, 3.63) is 35.9 Å². The summed E-state index contributed by atoms with van der Waals surface area (Å²) in [5.41, 5.74) is 1.39. The Balaban J connectivity index is 0.00000338. The summed E-state index contributed by atoms with van der Waals surface area (Å²) in [5, 5.41) is 3.43. The van der Waals surface area contributed by atoms with Gasteiger partial charge in [0.15, 0.2) is 5.96 Å². The van der Waals surface area contributed by atoms with Crippen molar-refractivity contribution in [2.24, 2.45) is 10.9 Å². The number of amides is 1. The number of nitrogens with zero attached hydrogens (tertiary/aromatic N) is 3. The molecule has 0 aliphatic carbocycles. The zero-order valence-electron chi connectivity index (χ0n) is 16.0. The number of aliphatic imine (C=N–C) groups is 1. The molecule has 1 fully saturated rings. The first-order valence-electron chi connectivity index (χ1n) is 8.86. The normalized spacial score (nSPS) is 17.0. The van der Waals surface area contributed by atoms with Crippen LogP contribution in [-0.2, 0) is 11.2 Å². The third-order valence-electron chi connectivity index (χ3n) is 4.40. The lowest BCUT2D eigenvalue weighted by Gasteiger charge is -2.22. The molecule has 1 amide bonds. The van der Waals surface area contributed by atoms with E-state index in [1.807, 2.05) is 0 Å². The van der Waals surface area contributed by atoms with E-state index in [1.54, 1.807) is 30.8 Å². The molecule has 2 rings (SSSR count). The van der Waals surface area contributed by atoms with Gasteiger partial charge in [0, 0.05) is 39.5 Å². The van der Waals surface area contributed by atoms with Crippen LogP contribution in [0.15, 0.2) is 35.3 Å².